The highest BCUT2D eigenvalue weighted by Crippen LogP contribution is 2.59. The summed E-state index contributed by atoms with van der Waals surface area (Å²) in [5.74, 6) is -0.989. The molecule has 1 saturated carbocycles. The molecule has 1 aliphatic carbocycles. The summed E-state index contributed by atoms with van der Waals surface area (Å²) in [4.78, 5) is 23.6. The fraction of sp³-hybridized carbons (Fsp3) is 0.444. The molecule has 0 radical (unpaired) electrons. The van der Waals surface area contributed by atoms with Gasteiger partial charge in [-0.15, -0.1) is 0 Å². The van der Waals surface area contributed by atoms with E-state index in [9.17, 15) is 14.0 Å². The van der Waals surface area contributed by atoms with Crippen LogP contribution in [0.2, 0.25) is 0 Å². The van der Waals surface area contributed by atoms with Gasteiger partial charge in [-0.25, -0.2) is 4.39 Å². The van der Waals surface area contributed by atoms with E-state index in [1.807, 2.05) is 27.7 Å². The Labute approximate surface area is 136 Å². The quantitative estimate of drug-likeness (QED) is 0.826. The number of carbonyl (C=O) groups excluding carboxylic acids is 2. The molecule has 4 nitrogen and oxygen atoms in total. The van der Waals surface area contributed by atoms with Crippen molar-refractivity contribution in [2.45, 2.75) is 34.6 Å². The van der Waals surface area contributed by atoms with Crippen molar-refractivity contribution in [1.29, 1.82) is 0 Å². The van der Waals surface area contributed by atoms with Crippen LogP contribution in [0.25, 0.3) is 0 Å². The van der Waals surface area contributed by atoms with Gasteiger partial charge in [0, 0.05) is 12.6 Å². The molecular weight excluding hydrogens is 295 g/mol. The van der Waals surface area contributed by atoms with Crippen molar-refractivity contribution >= 4 is 23.2 Å². The molecule has 2 amide bonds. The zero-order valence-electron chi connectivity index (χ0n) is 14.2. The molecule has 2 rings (SSSR count). The number of benzene rings is 1. The van der Waals surface area contributed by atoms with Gasteiger partial charge in [-0.05, 0) is 43.4 Å². The second kappa shape index (κ2) is 6.14. The summed E-state index contributed by atoms with van der Waals surface area (Å²) in [6.45, 7) is 9.44. The van der Waals surface area contributed by atoms with Gasteiger partial charge >= 0.3 is 0 Å². The monoisotopic (exact) mass is 318 g/mol. The van der Waals surface area contributed by atoms with E-state index < -0.39 is 5.82 Å². The molecule has 124 valence electrons. The van der Waals surface area contributed by atoms with Gasteiger partial charge < -0.3 is 10.6 Å². The molecule has 1 aliphatic rings. The maximum atomic E-state index is 13.9. The summed E-state index contributed by atoms with van der Waals surface area (Å²) in [5, 5.41) is 5.23. The van der Waals surface area contributed by atoms with Crippen molar-refractivity contribution < 1.29 is 14.0 Å². The van der Waals surface area contributed by atoms with E-state index in [1.54, 1.807) is 0 Å². The molecule has 0 spiro atoms. The summed E-state index contributed by atoms with van der Waals surface area (Å²) in [5.41, 5.74) is 1.56. The molecule has 1 aromatic rings. The maximum absolute atomic E-state index is 13.9. The van der Waals surface area contributed by atoms with Crippen molar-refractivity contribution in [3.05, 3.63) is 35.7 Å². The predicted molar refractivity (Wildman–Crippen MR) is 89.5 cm³/mol. The van der Waals surface area contributed by atoms with Crippen LogP contribution < -0.4 is 10.6 Å². The largest absolute Gasteiger partial charge is 0.326 e. The summed E-state index contributed by atoms with van der Waals surface area (Å²) in [6.07, 6.45) is 2.09. The van der Waals surface area contributed by atoms with Crippen LogP contribution >= 0.6 is 0 Å². The van der Waals surface area contributed by atoms with Gasteiger partial charge in [0.05, 0.1) is 11.6 Å². The summed E-state index contributed by atoms with van der Waals surface area (Å²) >= 11 is 0. The van der Waals surface area contributed by atoms with Crippen LogP contribution in [0.5, 0.6) is 0 Å². The first kappa shape index (κ1) is 17.2. The molecule has 2 unspecified atom stereocenters. The Balaban J connectivity index is 2.15. The van der Waals surface area contributed by atoms with Gasteiger partial charge in [0.25, 0.3) is 0 Å². The van der Waals surface area contributed by atoms with E-state index in [1.165, 1.54) is 25.1 Å². The fourth-order valence-corrected chi connectivity index (χ4v) is 2.96. The molecule has 1 fully saturated rings. The average molecular weight is 318 g/mol. The van der Waals surface area contributed by atoms with Crippen LogP contribution in [0, 0.1) is 23.1 Å². The highest BCUT2D eigenvalue weighted by molar-refractivity contribution is 5.97. The Morgan fingerprint density at radius 1 is 1.17 bits per heavy atom. The third-order valence-corrected chi connectivity index (χ3v) is 4.25. The van der Waals surface area contributed by atoms with Gasteiger partial charge in [0.15, 0.2) is 0 Å². The molecule has 0 bridgehead atoms. The van der Waals surface area contributed by atoms with Gasteiger partial charge in [0.2, 0.25) is 11.8 Å². The first-order chi connectivity index (χ1) is 10.6. The summed E-state index contributed by atoms with van der Waals surface area (Å²) < 4.78 is 13.9. The summed E-state index contributed by atoms with van der Waals surface area (Å²) in [7, 11) is 0. The molecule has 5 heteroatoms. The van der Waals surface area contributed by atoms with Crippen LogP contribution in [0.1, 0.15) is 34.6 Å². The number of amides is 2. The zero-order chi connectivity index (χ0) is 17.4. The first-order valence-corrected chi connectivity index (χ1v) is 7.66. The van der Waals surface area contributed by atoms with Gasteiger partial charge in [-0.3, -0.25) is 9.59 Å². The van der Waals surface area contributed by atoms with Crippen molar-refractivity contribution in [3.8, 4) is 0 Å². The third-order valence-electron chi connectivity index (χ3n) is 4.25. The molecule has 2 atom stereocenters. The van der Waals surface area contributed by atoms with Gasteiger partial charge in [-0.1, -0.05) is 25.5 Å². The lowest BCUT2D eigenvalue weighted by Gasteiger charge is -2.10. The lowest BCUT2D eigenvalue weighted by atomic mass is 10.1. The lowest BCUT2D eigenvalue weighted by molar-refractivity contribution is -0.118. The number of rotatable bonds is 4. The Morgan fingerprint density at radius 3 is 2.39 bits per heavy atom. The smallest absolute Gasteiger partial charge is 0.228 e. The highest BCUT2D eigenvalue weighted by atomic mass is 19.1. The molecule has 0 aromatic heterocycles. The maximum Gasteiger partial charge on any atom is 0.228 e. The third kappa shape index (κ3) is 3.78. The van der Waals surface area contributed by atoms with Crippen LogP contribution in [-0.2, 0) is 9.59 Å². The summed E-state index contributed by atoms with van der Waals surface area (Å²) in [6, 6.07) is 4.12. The van der Waals surface area contributed by atoms with Crippen LogP contribution in [0.15, 0.2) is 29.8 Å². The van der Waals surface area contributed by atoms with Crippen LogP contribution in [0.3, 0.4) is 0 Å². The minimum absolute atomic E-state index is 0.0832. The lowest BCUT2D eigenvalue weighted by Crippen LogP contribution is -2.18. The fourth-order valence-electron chi connectivity index (χ4n) is 2.96. The van der Waals surface area contributed by atoms with Crippen molar-refractivity contribution in [1.82, 2.24) is 0 Å². The van der Waals surface area contributed by atoms with Crippen molar-refractivity contribution in [2.24, 2.45) is 17.3 Å². The van der Waals surface area contributed by atoms with Crippen molar-refractivity contribution in [2.75, 3.05) is 10.6 Å². The Bertz CT molecular complexity index is 676. The molecule has 1 aromatic carbocycles. The van der Waals surface area contributed by atoms with Crippen molar-refractivity contribution in [3.63, 3.8) is 0 Å². The SMILES string of the molecule is CC(=O)Nc1ccc(F)c(NC(=O)C2C(C=C(C)C)C2(C)C)c1. The number of anilines is 2. The average Bonchev–Trinajstić information content (AvgIpc) is 2.93. The zero-order valence-corrected chi connectivity index (χ0v) is 14.2. The van der Waals surface area contributed by atoms with Gasteiger partial charge in [0.1, 0.15) is 5.82 Å². The number of carbonyl (C=O) groups is 2. The minimum atomic E-state index is -0.523. The van der Waals surface area contributed by atoms with E-state index >= 15 is 0 Å². The van der Waals surface area contributed by atoms with E-state index in [2.05, 4.69) is 16.7 Å². The van der Waals surface area contributed by atoms with E-state index in [-0.39, 0.29) is 34.8 Å². The molecule has 0 aliphatic heterocycles. The number of allylic oxidation sites excluding steroid dienone is 2. The standard InChI is InChI=1S/C18H23FN2O2/c1-10(2)8-13-16(18(13,4)5)17(23)21-15-9-12(20-11(3)22)6-7-14(15)19/h6-9,13,16H,1-5H3,(H,20,22)(H,21,23). The second-order valence-electron chi connectivity index (χ2n) is 6.93. The normalized spacial score (nSPS) is 21.3. The predicted octanol–water partition coefficient (Wildman–Crippen LogP) is 3.96. The Morgan fingerprint density at radius 2 is 1.83 bits per heavy atom. The number of hydrogen-bond acceptors (Lipinski definition) is 2. The number of hydrogen-bond donors (Lipinski definition) is 2. The minimum Gasteiger partial charge on any atom is -0.326 e. The molecule has 2 N–H and O–H groups in total. The molecule has 23 heavy (non-hydrogen) atoms. The molecular formula is C18H23FN2O2. The van der Waals surface area contributed by atoms with Crippen LogP contribution in [-0.4, -0.2) is 11.8 Å². The molecule has 0 saturated heterocycles. The number of halogens is 1. The second-order valence-corrected chi connectivity index (χ2v) is 6.93. The van der Waals surface area contributed by atoms with Gasteiger partial charge in [-0.2, -0.15) is 0 Å². The topological polar surface area (TPSA) is 58.2 Å². The van der Waals surface area contributed by atoms with Crippen LogP contribution in [0.4, 0.5) is 15.8 Å². The Kier molecular flexibility index (Phi) is 4.59. The highest BCUT2D eigenvalue weighted by Gasteiger charge is 2.60. The molecule has 0 heterocycles. The van der Waals surface area contributed by atoms with E-state index in [4.69, 9.17) is 0 Å². The number of nitrogens with one attached hydrogen (secondary N) is 2. The Hall–Kier alpha value is -2.17. The van der Waals surface area contributed by atoms with E-state index in [0.717, 1.165) is 5.57 Å². The first-order valence-electron chi connectivity index (χ1n) is 7.66. The van der Waals surface area contributed by atoms with E-state index in [0.29, 0.717) is 5.69 Å².